The van der Waals surface area contributed by atoms with Crippen molar-refractivity contribution in [3.05, 3.63) is 52.6 Å². The van der Waals surface area contributed by atoms with E-state index >= 15 is 0 Å². The Labute approximate surface area is 124 Å². The fraction of sp³-hybridized carbons (Fsp3) is 0.235. The quantitative estimate of drug-likeness (QED) is 0.873. The second-order valence-electron chi connectivity index (χ2n) is 4.94. The predicted octanol–water partition coefficient (Wildman–Crippen LogP) is 3.34. The van der Waals surface area contributed by atoms with Gasteiger partial charge in [-0.25, -0.2) is 0 Å². The van der Waals surface area contributed by atoms with Crippen LogP contribution in [0.5, 0.6) is 11.5 Å². The molecule has 108 valence electrons. The lowest BCUT2D eigenvalue weighted by Gasteiger charge is -2.13. The minimum Gasteiger partial charge on any atom is -0.495 e. The molecule has 0 aliphatic heterocycles. The number of hydrogen-bond acceptors (Lipinski definition) is 4. The summed E-state index contributed by atoms with van der Waals surface area (Å²) in [5, 5.41) is 8.97. The van der Waals surface area contributed by atoms with E-state index in [4.69, 9.17) is 20.5 Å². The van der Waals surface area contributed by atoms with E-state index in [2.05, 4.69) is 6.07 Å². The number of aryl methyl sites for hydroxylation is 2. The van der Waals surface area contributed by atoms with Crippen LogP contribution in [0.15, 0.2) is 30.3 Å². The maximum absolute atomic E-state index is 8.97. The van der Waals surface area contributed by atoms with Crippen molar-refractivity contribution in [3.63, 3.8) is 0 Å². The number of nitriles is 1. The van der Waals surface area contributed by atoms with Gasteiger partial charge in [0.15, 0.2) is 0 Å². The SMILES string of the molecule is COc1cc(COc2c(C)cc(C)cc2N)ccc1C#N. The fourth-order valence-corrected chi connectivity index (χ4v) is 2.26. The number of anilines is 1. The highest BCUT2D eigenvalue weighted by Crippen LogP contribution is 2.29. The molecule has 0 aliphatic rings. The average molecular weight is 282 g/mol. The fourth-order valence-electron chi connectivity index (χ4n) is 2.26. The van der Waals surface area contributed by atoms with Gasteiger partial charge in [-0.05, 0) is 48.7 Å². The normalized spacial score (nSPS) is 10.0. The van der Waals surface area contributed by atoms with E-state index < -0.39 is 0 Å². The Balaban J connectivity index is 2.19. The number of nitrogen functional groups attached to an aromatic ring is 1. The summed E-state index contributed by atoms with van der Waals surface area (Å²) in [5.41, 5.74) is 10.2. The second-order valence-corrected chi connectivity index (χ2v) is 4.94. The van der Waals surface area contributed by atoms with Crippen molar-refractivity contribution in [2.45, 2.75) is 20.5 Å². The number of nitrogens with zero attached hydrogens (tertiary/aromatic N) is 1. The first-order chi connectivity index (χ1) is 10.0. The number of hydrogen-bond donors (Lipinski definition) is 1. The third-order valence-electron chi connectivity index (χ3n) is 3.22. The third-order valence-corrected chi connectivity index (χ3v) is 3.22. The van der Waals surface area contributed by atoms with Crippen LogP contribution < -0.4 is 15.2 Å². The minimum absolute atomic E-state index is 0.371. The standard InChI is InChI=1S/C17H18N2O2/c1-11-6-12(2)17(15(19)7-11)21-10-13-4-5-14(9-18)16(8-13)20-3/h4-8H,10,19H2,1-3H3. The average Bonchev–Trinajstić information content (AvgIpc) is 2.45. The molecule has 2 rings (SSSR count). The van der Waals surface area contributed by atoms with Crippen molar-refractivity contribution in [3.8, 4) is 17.6 Å². The topological polar surface area (TPSA) is 68.3 Å². The second kappa shape index (κ2) is 6.19. The number of benzene rings is 2. The summed E-state index contributed by atoms with van der Waals surface area (Å²) in [6.45, 7) is 4.34. The molecule has 2 N–H and O–H groups in total. The Morgan fingerprint density at radius 2 is 1.95 bits per heavy atom. The molecule has 0 spiro atoms. The maximum atomic E-state index is 8.97. The Hall–Kier alpha value is -2.67. The lowest BCUT2D eigenvalue weighted by Crippen LogP contribution is -2.02. The van der Waals surface area contributed by atoms with Gasteiger partial charge in [0, 0.05) is 0 Å². The Morgan fingerprint density at radius 1 is 1.19 bits per heavy atom. The number of nitrogens with two attached hydrogens (primary N) is 1. The van der Waals surface area contributed by atoms with Crippen LogP contribution in [0.4, 0.5) is 5.69 Å². The molecule has 0 aliphatic carbocycles. The predicted molar refractivity (Wildman–Crippen MR) is 82.4 cm³/mol. The Morgan fingerprint density at radius 3 is 2.57 bits per heavy atom. The number of methoxy groups -OCH3 is 1. The minimum atomic E-state index is 0.371. The summed E-state index contributed by atoms with van der Waals surface area (Å²) in [6.07, 6.45) is 0. The summed E-state index contributed by atoms with van der Waals surface area (Å²) in [4.78, 5) is 0. The van der Waals surface area contributed by atoms with Crippen molar-refractivity contribution in [2.24, 2.45) is 0 Å². The zero-order chi connectivity index (χ0) is 15.4. The molecule has 0 aromatic heterocycles. The molecule has 0 atom stereocenters. The first-order valence-electron chi connectivity index (χ1n) is 6.61. The highest BCUT2D eigenvalue weighted by atomic mass is 16.5. The van der Waals surface area contributed by atoms with Gasteiger partial charge in [0.25, 0.3) is 0 Å². The molecule has 0 saturated carbocycles. The Kier molecular flexibility index (Phi) is 4.34. The van der Waals surface area contributed by atoms with Gasteiger partial charge in [0.2, 0.25) is 0 Å². The first kappa shape index (κ1) is 14.7. The molecule has 21 heavy (non-hydrogen) atoms. The van der Waals surface area contributed by atoms with Crippen molar-refractivity contribution in [2.75, 3.05) is 12.8 Å². The van der Waals surface area contributed by atoms with E-state index in [0.29, 0.717) is 29.4 Å². The van der Waals surface area contributed by atoms with E-state index in [1.54, 1.807) is 19.2 Å². The van der Waals surface area contributed by atoms with E-state index in [1.807, 2.05) is 32.0 Å². The van der Waals surface area contributed by atoms with Crippen LogP contribution in [0, 0.1) is 25.2 Å². The lowest BCUT2D eigenvalue weighted by molar-refractivity contribution is 0.305. The molecule has 4 heteroatoms. The van der Waals surface area contributed by atoms with E-state index in [-0.39, 0.29) is 0 Å². The molecule has 0 fully saturated rings. The van der Waals surface area contributed by atoms with Gasteiger partial charge in [0.05, 0.1) is 18.4 Å². The van der Waals surface area contributed by atoms with Crippen LogP contribution in [0.2, 0.25) is 0 Å². The van der Waals surface area contributed by atoms with Crippen molar-refractivity contribution in [1.29, 1.82) is 5.26 Å². The highest BCUT2D eigenvalue weighted by Gasteiger charge is 2.08. The zero-order valence-electron chi connectivity index (χ0n) is 12.4. The van der Waals surface area contributed by atoms with Crippen LogP contribution in [0.3, 0.4) is 0 Å². The number of ether oxygens (including phenoxy) is 2. The first-order valence-corrected chi connectivity index (χ1v) is 6.61. The Bertz CT molecular complexity index is 679. The maximum Gasteiger partial charge on any atom is 0.145 e. The van der Waals surface area contributed by atoms with Gasteiger partial charge in [-0.1, -0.05) is 12.1 Å². The summed E-state index contributed by atoms with van der Waals surface area (Å²) in [5.74, 6) is 1.25. The van der Waals surface area contributed by atoms with Crippen LogP contribution >= 0.6 is 0 Å². The van der Waals surface area contributed by atoms with Gasteiger partial charge >= 0.3 is 0 Å². The van der Waals surface area contributed by atoms with Gasteiger partial charge in [-0.2, -0.15) is 5.26 Å². The summed E-state index contributed by atoms with van der Waals surface area (Å²) in [6, 6.07) is 11.4. The lowest BCUT2D eigenvalue weighted by atomic mass is 10.1. The van der Waals surface area contributed by atoms with Crippen molar-refractivity contribution >= 4 is 5.69 Å². The monoisotopic (exact) mass is 282 g/mol. The molecule has 0 radical (unpaired) electrons. The van der Waals surface area contributed by atoms with E-state index in [0.717, 1.165) is 16.7 Å². The summed E-state index contributed by atoms with van der Waals surface area (Å²) < 4.78 is 11.0. The molecule has 0 heterocycles. The van der Waals surface area contributed by atoms with E-state index in [1.165, 1.54) is 0 Å². The molecule has 2 aromatic carbocycles. The molecule has 0 bridgehead atoms. The van der Waals surface area contributed by atoms with Crippen LogP contribution in [0.1, 0.15) is 22.3 Å². The third kappa shape index (κ3) is 3.26. The van der Waals surface area contributed by atoms with Crippen LogP contribution in [0.25, 0.3) is 0 Å². The molecular weight excluding hydrogens is 264 g/mol. The van der Waals surface area contributed by atoms with Gasteiger partial charge in [-0.15, -0.1) is 0 Å². The van der Waals surface area contributed by atoms with Crippen molar-refractivity contribution < 1.29 is 9.47 Å². The zero-order valence-corrected chi connectivity index (χ0v) is 12.4. The smallest absolute Gasteiger partial charge is 0.145 e. The van der Waals surface area contributed by atoms with Crippen LogP contribution in [-0.2, 0) is 6.61 Å². The highest BCUT2D eigenvalue weighted by molar-refractivity contribution is 5.58. The van der Waals surface area contributed by atoms with E-state index in [9.17, 15) is 0 Å². The molecule has 4 nitrogen and oxygen atoms in total. The molecule has 0 unspecified atom stereocenters. The van der Waals surface area contributed by atoms with Crippen molar-refractivity contribution in [1.82, 2.24) is 0 Å². The summed E-state index contributed by atoms with van der Waals surface area (Å²) in [7, 11) is 1.54. The van der Waals surface area contributed by atoms with Gasteiger partial charge in [0.1, 0.15) is 24.2 Å². The largest absolute Gasteiger partial charge is 0.495 e. The molecule has 2 aromatic rings. The molecule has 0 saturated heterocycles. The van der Waals surface area contributed by atoms with Gasteiger partial charge < -0.3 is 15.2 Å². The number of rotatable bonds is 4. The van der Waals surface area contributed by atoms with Gasteiger partial charge in [-0.3, -0.25) is 0 Å². The molecule has 0 amide bonds. The molecular formula is C17H18N2O2. The van der Waals surface area contributed by atoms with Crippen LogP contribution in [-0.4, -0.2) is 7.11 Å². The summed E-state index contributed by atoms with van der Waals surface area (Å²) >= 11 is 0.